The molecule has 3 heteroatoms. The molecule has 1 aromatic rings. The summed E-state index contributed by atoms with van der Waals surface area (Å²) in [5.74, 6) is 2.77. The third-order valence-electron chi connectivity index (χ3n) is 4.81. The second-order valence-electron chi connectivity index (χ2n) is 6.59. The predicted octanol–water partition coefficient (Wildman–Crippen LogP) is 3.68. The van der Waals surface area contributed by atoms with E-state index >= 15 is 0 Å². The molecule has 0 aliphatic heterocycles. The van der Waals surface area contributed by atoms with Gasteiger partial charge < -0.3 is 14.8 Å². The lowest BCUT2D eigenvalue weighted by atomic mass is 10.0. The van der Waals surface area contributed by atoms with E-state index in [4.69, 9.17) is 9.47 Å². The maximum atomic E-state index is 5.41. The smallest absolute Gasteiger partial charge is 0.124 e. The van der Waals surface area contributed by atoms with Gasteiger partial charge in [0.25, 0.3) is 0 Å². The van der Waals surface area contributed by atoms with Crippen LogP contribution in [0.2, 0.25) is 0 Å². The summed E-state index contributed by atoms with van der Waals surface area (Å²) in [5.41, 5.74) is 2.45. The van der Waals surface area contributed by atoms with Gasteiger partial charge in [-0.1, -0.05) is 6.07 Å². The van der Waals surface area contributed by atoms with Gasteiger partial charge >= 0.3 is 0 Å². The first kappa shape index (κ1) is 14.9. The Labute approximate surface area is 128 Å². The first-order chi connectivity index (χ1) is 10.2. The average molecular weight is 289 g/mol. The van der Waals surface area contributed by atoms with Crippen LogP contribution >= 0.6 is 0 Å². The molecule has 1 aromatic carbocycles. The second-order valence-corrected chi connectivity index (χ2v) is 6.59. The Balaban J connectivity index is 1.70. The van der Waals surface area contributed by atoms with Crippen LogP contribution in [0.15, 0.2) is 18.2 Å². The molecule has 1 unspecified atom stereocenters. The van der Waals surface area contributed by atoms with Crippen LogP contribution in [-0.2, 0) is 11.3 Å². The van der Waals surface area contributed by atoms with Crippen molar-refractivity contribution in [2.24, 2.45) is 11.8 Å². The Kier molecular flexibility index (Phi) is 4.51. The summed E-state index contributed by atoms with van der Waals surface area (Å²) in [7, 11) is 3.44. The maximum Gasteiger partial charge on any atom is 0.124 e. The summed E-state index contributed by atoms with van der Waals surface area (Å²) in [6.45, 7) is 2.87. The number of hydrogen-bond acceptors (Lipinski definition) is 3. The zero-order chi connectivity index (χ0) is 14.8. The van der Waals surface area contributed by atoms with Gasteiger partial charge in [-0.2, -0.15) is 0 Å². The van der Waals surface area contributed by atoms with E-state index < -0.39 is 0 Å². The molecule has 2 aliphatic rings. The fraction of sp³-hybridized carbons (Fsp3) is 0.667. The van der Waals surface area contributed by atoms with Crippen molar-refractivity contribution in [3.8, 4) is 5.75 Å². The highest BCUT2D eigenvalue weighted by Crippen LogP contribution is 2.45. The highest BCUT2D eigenvalue weighted by Gasteiger charge is 2.41. The van der Waals surface area contributed by atoms with E-state index in [-0.39, 0.29) is 0 Å². The van der Waals surface area contributed by atoms with Gasteiger partial charge in [-0.05, 0) is 62.1 Å². The minimum Gasteiger partial charge on any atom is -0.496 e. The zero-order valence-corrected chi connectivity index (χ0v) is 13.4. The molecule has 2 fully saturated rings. The fourth-order valence-electron chi connectivity index (χ4n) is 3.29. The summed E-state index contributed by atoms with van der Waals surface area (Å²) < 4.78 is 10.7. The minimum atomic E-state index is 0.387. The molecule has 0 amide bonds. The highest BCUT2D eigenvalue weighted by atomic mass is 16.5. The van der Waals surface area contributed by atoms with Gasteiger partial charge in [0, 0.05) is 24.8 Å². The number of rotatable bonds is 8. The van der Waals surface area contributed by atoms with Crippen LogP contribution in [-0.4, -0.2) is 20.3 Å². The van der Waals surface area contributed by atoms with Gasteiger partial charge in [0.1, 0.15) is 5.75 Å². The van der Waals surface area contributed by atoms with Crippen LogP contribution in [0, 0.1) is 11.8 Å². The number of methoxy groups -OCH3 is 2. The molecule has 0 radical (unpaired) electrons. The summed E-state index contributed by atoms with van der Waals surface area (Å²) in [4.78, 5) is 0. The quantitative estimate of drug-likeness (QED) is 0.792. The van der Waals surface area contributed by atoms with Crippen molar-refractivity contribution in [2.45, 2.75) is 51.3 Å². The summed E-state index contributed by atoms with van der Waals surface area (Å²) in [5, 5.41) is 3.88. The molecule has 3 rings (SSSR count). The molecule has 1 atom stereocenters. The molecule has 0 saturated heterocycles. The van der Waals surface area contributed by atoms with E-state index in [2.05, 4.69) is 30.4 Å². The number of ether oxygens (including phenoxy) is 2. The van der Waals surface area contributed by atoms with Crippen molar-refractivity contribution >= 4 is 0 Å². The van der Waals surface area contributed by atoms with E-state index in [1.54, 1.807) is 14.2 Å². The third kappa shape index (κ3) is 3.58. The van der Waals surface area contributed by atoms with Gasteiger partial charge in [-0.3, -0.25) is 0 Å². The van der Waals surface area contributed by atoms with Crippen LogP contribution in [0.1, 0.15) is 49.8 Å². The lowest BCUT2D eigenvalue weighted by molar-refractivity contribution is 0.181. The molecular weight excluding hydrogens is 262 g/mol. The SMILES string of the molecule is COCc1cc(C(C)NC(C2CC2)C2CC2)ccc1OC. The molecule has 0 spiro atoms. The maximum absolute atomic E-state index is 5.41. The van der Waals surface area contributed by atoms with Crippen molar-refractivity contribution in [1.82, 2.24) is 5.32 Å². The predicted molar refractivity (Wildman–Crippen MR) is 84.5 cm³/mol. The van der Waals surface area contributed by atoms with Crippen molar-refractivity contribution < 1.29 is 9.47 Å². The zero-order valence-electron chi connectivity index (χ0n) is 13.4. The molecule has 0 bridgehead atoms. The van der Waals surface area contributed by atoms with Gasteiger partial charge in [-0.15, -0.1) is 0 Å². The first-order valence-corrected chi connectivity index (χ1v) is 8.14. The molecule has 0 aromatic heterocycles. The molecule has 116 valence electrons. The van der Waals surface area contributed by atoms with E-state index in [9.17, 15) is 0 Å². The van der Waals surface area contributed by atoms with Crippen LogP contribution < -0.4 is 10.1 Å². The Bertz CT molecular complexity index is 468. The van der Waals surface area contributed by atoms with E-state index in [0.29, 0.717) is 12.6 Å². The average Bonchev–Trinajstić information content (AvgIpc) is 3.38. The Morgan fingerprint density at radius 1 is 1.14 bits per heavy atom. The number of benzene rings is 1. The Hall–Kier alpha value is -1.06. The lowest BCUT2D eigenvalue weighted by Crippen LogP contribution is -2.35. The van der Waals surface area contributed by atoms with Crippen molar-refractivity contribution in [3.05, 3.63) is 29.3 Å². The number of hydrogen-bond donors (Lipinski definition) is 1. The van der Waals surface area contributed by atoms with Crippen LogP contribution in [0.3, 0.4) is 0 Å². The molecule has 0 heterocycles. The molecule has 3 nitrogen and oxygen atoms in total. The van der Waals surface area contributed by atoms with Crippen molar-refractivity contribution in [1.29, 1.82) is 0 Å². The molecule has 21 heavy (non-hydrogen) atoms. The van der Waals surface area contributed by atoms with Gasteiger partial charge in [0.15, 0.2) is 0 Å². The highest BCUT2D eigenvalue weighted by molar-refractivity contribution is 5.38. The molecule has 1 N–H and O–H groups in total. The van der Waals surface area contributed by atoms with Gasteiger partial charge in [0.05, 0.1) is 13.7 Å². The number of nitrogens with one attached hydrogen (secondary N) is 1. The Morgan fingerprint density at radius 2 is 1.81 bits per heavy atom. The summed E-state index contributed by atoms with van der Waals surface area (Å²) >= 11 is 0. The normalized spacial score (nSPS) is 19.8. The third-order valence-corrected chi connectivity index (χ3v) is 4.81. The standard InChI is InChI=1S/C18H27NO2/c1-12(19-18(13-4-5-13)14-6-7-14)15-8-9-17(21-3)16(10-15)11-20-2/h8-10,12-14,18-19H,4-7,11H2,1-3H3. The largest absolute Gasteiger partial charge is 0.496 e. The summed E-state index contributed by atoms with van der Waals surface area (Å²) in [6, 6.07) is 7.57. The van der Waals surface area contributed by atoms with Crippen molar-refractivity contribution in [2.75, 3.05) is 14.2 Å². The van der Waals surface area contributed by atoms with E-state index in [1.807, 2.05) is 0 Å². The monoisotopic (exact) mass is 289 g/mol. The molecule has 2 aliphatic carbocycles. The van der Waals surface area contributed by atoms with Crippen LogP contribution in [0.4, 0.5) is 0 Å². The first-order valence-electron chi connectivity index (χ1n) is 8.14. The van der Waals surface area contributed by atoms with Crippen LogP contribution in [0.5, 0.6) is 5.75 Å². The van der Waals surface area contributed by atoms with Crippen molar-refractivity contribution in [3.63, 3.8) is 0 Å². The fourth-order valence-corrected chi connectivity index (χ4v) is 3.29. The molecular formula is C18H27NO2. The Morgan fingerprint density at radius 3 is 2.33 bits per heavy atom. The topological polar surface area (TPSA) is 30.5 Å². The van der Waals surface area contributed by atoms with Gasteiger partial charge in [-0.25, -0.2) is 0 Å². The van der Waals surface area contributed by atoms with E-state index in [0.717, 1.165) is 29.2 Å². The summed E-state index contributed by atoms with van der Waals surface area (Å²) in [6.07, 6.45) is 5.66. The minimum absolute atomic E-state index is 0.387. The second kappa shape index (κ2) is 6.37. The lowest BCUT2D eigenvalue weighted by Gasteiger charge is -2.24. The van der Waals surface area contributed by atoms with Gasteiger partial charge in [0.2, 0.25) is 0 Å². The molecule has 2 saturated carbocycles. The van der Waals surface area contributed by atoms with Crippen LogP contribution in [0.25, 0.3) is 0 Å². The van der Waals surface area contributed by atoms with E-state index in [1.165, 1.54) is 31.2 Å².